The highest BCUT2D eigenvalue weighted by Crippen LogP contribution is 2.39. The molecule has 3 rings (SSSR count). The quantitative estimate of drug-likeness (QED) is 0.885. The van der Waals surface area contributed by atoms with E-state index >= 15 is 0 Å². The van der Waals surface area contributed by atoms with Gasteiger partial charge in [-0.1, -0.05) is 25.1 Å². The molecule has 7 heteroatoms. The van der Waals surface area contributed by atoms with Crippen LogP contribution in [-0.4, -0.2) is 30.2 Å². The highest BCUT2D eigenvalue weighted by molar-refractivity contribution is 5.84. The molecule has 1 aliphatic rings. The summed E-state index contributed by atoms with van der Waals surface area (Å²) in [5.41, 5.74) is 2.40. The molecule has 0 aromatic heterocycles. The number of halogens is 3. The van der Waals surface area contributed by atoms with Crippen LogP contribution in [0.4, 0.5) is 13.2 Å². The number of alkyl halides is 3. The Morgan fingerprint density at radius 2 is 1.92 bits per heavy atom. The molecule has 0 unspecified atom stereocenters. The molecule has 2 aromatic carbocycles. The third-order valence-corrected chi connectivity index (χ3v) is 4.09. The molecule has 1 amide bonds. The minimum Gasteiger partial charge on any atom is -0.494 e. The molecule has 0 bridgehead atoms. The van der Waals surface area contributed by atoms with Crippen molar-refractivity contribution in [2.45, 2.75) is 32.0 Å². The van der Waals surface area contributed by atoms with Crippen molar-refractivity contribution in [2.24, 2.45) is 0 Å². The number of rotatable bonds is 5. The third-order valence-electron chi connectivity index (χ3n) is 4.09. The minimum absolute atomic E-state index is 0.0326. The second-order valence-electron chi connectivity index (χ2n) is 6.04. The number of carbonyl (C=O) groups excluding carboxylic acids is 1. The van der Waals surface area contributed by atoms with Gasteiger partial charge < -0.3 is 4.74 Å². The van der Waals surface area contributed by atoms with Crippen LogP contribution in [0.1, 0.15) is 31.4 Å². The molecule has 1 heterocycles. The summed E-state index contributed by atoms with van der Waals surface area (Å²) in [6.07, 6.45) is -3.54. The Hall–Kier alpha value is -2.28. The topological polar surface area (TPSA) is 41.6 Å². The van der Waals surface area contributed by atoms with Gasteiger partial charge in [-0.2, -0.15) is 13.2 Å². The first-order valence-corrected chi connectivity index (χ1v) is 8.18. The van der Waals surface area contributed by atoms with Gasteiger partial charge in [0.05, 0.1) is 6.61 Å². The first kappa shape index (κ1) is 17.5. The predicted octanol–water partition coefficient (Wildman–Crippen LogP) is 3.97. The number of carbonyl (C=O) groups is 1. The van der Waals surface area contributed by atoms with E-state index in [-0.39, 0.29) is 18.5 Å². The minimum atomic E-state index is -4.49. The summed E-state index contributed by atoms with van der Waals surface area (Å²) in [6, 6.07) is 8.08. The Morgan fingerprint density at radius 1 is 1.20 bits per heavy atom. The van der Waals surface area contributed by atoms with Gasteiger partial charge in [-0.25, -0.2) is 5.01 Å². The van der Waals surface area contributed by atoms with Crippen LogP contribution in [0.5, 0.6) is 5.75 Å². The summed E-state index contributed by atoms with van der Waals surface area (Å²) in [4.78, 5) is 11.3. The molecular weight excluding hydrogens is 333 g/mol. The molecule has 2 aromatic rings. The molecule has 0 spiro atoms. The standard InChI is InChI=1S/C18H19F3N2O2/c1-2-9-25-15-6-5-12-10-14(4-3-13(12)11-15)17(18(19,20)21)23-8-7-16(24)22-23/h3-6,10-11,17H,2,7-9H2,1H3,(H,22,24)/t17-/m0/s1. The predicted molar refractivity (Wildman–Crippen MR) is 88.0 cm³/mol. The van der Waals surface area contributed by atoms with Gasteiger partial charge in [0.15, 0.2) is 0 Å². The Labute approximate surface area is 143 Å². The maximum Gasteiger partial charge on any atom is 0.409 e. The molecular formula is C18H19F3N2O2. The van der Waals surface area contributed by atoms with Gasteiger partial charge in [0, 0.05) is 13.0 Å². The summed E-state index contributed by atoms with van der Waals surface area (Å²) in [7, 11) is 0. The fourth-order valence-electron chi connectivity index (χ4n) is 2.96. The smallest absolute Gasteiger partial charge is 0.409 e. The van der Waals surface area contributed by atoms with E-state index in [0.717, 1.165) is 16.8 Å². The van der Waals surface area contributed by atoms with E-state index in [0.29, 0.717) is 17.7 Å². The number of amides is 1. The summed E-state index contributed by atoms with van der Waals surface area (Å²) in [6.45, 7) is 2.63. The van der Waals surface area contributed by atoms with Crippen LogP contribution in [0.25, 0.3) is 10.8 Å². The lowest BCUT2D eigenvalue weighted by Gasteiger charge is -2.29. The number of fused-ring (bicyclic) bond motifs is 1. The summed E-state index contributed by atoms with van der Waals surface area (Å²) in [5.74, 6) is 0.300. The Balaban J connectivity index is 1.94. The van der Waals surface area contributed by atoms with Crippen LogP contribution in [0.3, 0.4) is 0 Å². The molecule has 134 valence electrons. The highest BCUT2D eigenvalue weighted by Gasteiger charge is 2.46. The number of hydrogen-bond acceptors (Lipinski definition) is 3. The maximum atomic E-state index is 13.6. The number of nitrogens with zero attached hydrogens (tertiary/aromatic N) is 1. The van der Waals surface area contributed by atoms with Crippen molar-refractivity contribution in [1.29, 1.82) is 0 Å². The third kappa shape index (κ3) is 3.87. The normalized spacial score (nSPS) is 16.9. The van der Waals surface area contributed by atoms with E-state index in [1.54, 1.807) is 18.2 Å². The van der Waals surface area contributed by atoms with Crippen molar-refractivity contribution >= 4 is 16.7 Å². The van der Waals surface area contributed by atoms with Gasteiger partial charge >= 0.3 is 6.18 Å². The fraction of sp³-hybridized carbons (Fsp3) is 0.389. The van der Waals surface area contributed by atoms with Gasteiger partial charge in [-0.05, 0) is 41.0 Å². The van der Waals surface area contributed by atoms with Crippen molar-refractivity contribution in [3.8, 4) is 5.75 Å². The fourth-order valence-corrected chi connectivity index (χ4v) is 2.96. The van der Waals surface area contributed by atoms with E-state index < -0.39 is 18.1 Å². The first-order chi connectivity index (χ1) is 11.9. The molecule has 1 saturated heterocycles. The van der Waals surface area contributed by atoms with Crippen LogP contribution < -0.4 is 10.2 Å². The molecule has 1 aliphatic heterocycles. The zero-order valence-electron chi connectivity index (χ0n) is 13.8. The van der Waals surface area contributed by atoms with Crippen molar-refractivity contribution in [3.63, 3.8) is 0 Å². The summed E-state index contributed by atoms with van der Waals surface area (Å²) < 4.78 is 46.3. The van der Waals surface area contributed by atoms with E-state index in [9.17, 15) is 18.0 Å². The lowest BCUT2D eigenvalue weighted by Crippen LogP contribution is -2.43. The average molecular weight is 352 g/mol. The first-order valence-electron chi connectivity index (χ1n) is 8.18. The highest BCUT2D eigenvalue weighted by atomic mass is 19.4. The number of benzene rings is 2. The van der Waals surface area contributed by atoms with Crippen LogP contribution in [-0.2, 0) is 4.79 Å². The van der Waals surface area contributed by atoms with Crippen molar-refractivity contribution in [2.75, 3.05) is 13.2 Å². The Morgan fingerprint density at radius 3 is 2.56 bits per heavy atom. The van der Waals surface area contributed by atoms with Gasteiger partial charge in [0.2, 0.25) is 5.91 Å². The van der Waals surface area contributed by atoms with Crippen LogP contribution in [0.15, 0.2) is 36.4 Å². The molecule has 0 radical (unpaired) electrons. The molecule has 1 fully saturated rings. The van der Waals surface area contributed by atoms with Gasteiger partial charge in [-0.15, -0.1) is 0 Å². The van der Waals surface area contributed by atoms with E-state index in [4.69, 9.17) is 4.74 Å². The zero-order valence-corrected chi connectivity index (χ0v) is 13.8. The van der Waals surface area contributed by atoms with Gasteiger partial charge in [-0.3, -0.25) is 10.2 Å². The lowest BCUT2D eigenvalue weighted by molar-refractivity contribution is -0.191. The number of hydrogen-bond donors (Lipinski definition) is 1. The summed E-state index contributed by atoms with van der Waals surface area (Å²) in [5, 5.41) is 2.47. The molecule has 1 N–H and O–H groups in total. The number of ether oxygens (including phenoxy) is 1. The van der Waals surface area contributed by atoms with Crippen LogP contribution >= 0.6 is 0 Å². The number of hydrazine groups is 1. The van der Waals surface area contributed by atoms with E-state index in [1.165, 1.54) is 12.1 Å². The molecule has 25 heavy (non-hydrogen) atoms. The zero-order chi connectivity index (χ0) is 18.0. The second-order valence-corrected chi connectivity index (χ2v) is 6.04. The SMILES string of the molecule is CCCOc1ccc2cc([C@H](N3CCC(=O)N3)C(F)(F)F)ccc2c1. The molecule has 4 nitrogen and oxygen atoms in total. The Bertz CT molecular complexity index is 776. The average Bonchev–Trinajstić information content (AvgIpc) is 2.97. The lowest BCUT2D eigenvalue weighted by atomic mass is 10.0. The Kier molecular flexibility index (Phi) is 4.85. The van der Waals surface area contributed by atoms with Crippen molar-refractivity contribution in [1.82, 2.24) is 10.4 Å². The van der Waals surface area contributed by atoms with Crippen molar-refractivity contribution < 1.29 is 22.7 Å². The van der Waals surface area contributed by atoms with E-state index in [2.05, 4.69) is 5.43 Å². The monoisotopic (exact) mass is 352 g/mol. The van der Waals surface area contributed by atoms with Gasteiger partial charge in [0.1, 0.15) is 11.8 Å². The number of nitrogens with one attached hydrogen (secondary N) is 1. The van der Waals surface area contributed by atoms with Crippen molar-refractivity contribution in [3.05, 3.63) is 42.0 Å². The summed E-state index contributed by atoms with van der Waals surface area (Å²) >= 11 is 0. The largest absolute Gasteiger partial charge is 0.494 e. The van der Waals surface area contributed by atoms with Gasteiger partial charge in [0.25, 0.3) is 0 Å². The molecule has 0 aliphatic carbocycles. The van der Waals surface area contributed by atoms with Crippen LogP contribution in [0, 0.1) is 0 Å². The maximum absolute atomic E-state index is 13.6. The van der Waals surface area contributed by atoms with Crippen LogP contribution in [0.2, 0.25) is 0 Å². The molecule has 1 atom stereocenters. The van der Waals surface area contributed by atoms with E-state index in [1.807, 2.05) is 13.0 Å². The second kappa shape index (κ2) is 6.92. The molecule has 0 saturated carbocycles.